The van der Waals surface area contributed by atoms with Crippen molar-refractivity contribution in [2.45, 2.75) is 62.7 Å². The van der Waals surface area contributed by atoms with Gasteiger partial charge in [0, 0.05) is 18.1 Å². The van der Waals surface area contributed by atoms with Crippen LogP contribution in [0.4, 0.5) is 0 Å². The molecule has 1 aliphatic carbocycles. The average Bonchev–Trinajstić information content (AvgIpc) is 3.70. The zero-order valence-electron chi connectivity index (χ0n) is 20.9. The Kier molecular flexibility index (Phi) is 7.74. The Balaban J connectivity index is 1.42. The Labute approximate surface area is 224 Å². The van der Waals surface area contributed by atoms with E-state index < -0.39 is 42.5 Å². The summed E-state index contributed by atoms with van der Waals surface area (Å²) in [7, 11) is 0. The minimum atomic E-state index is -1.56. The van der Waals surface area contributed by atoms with Crippen molar-refractivity contribution in [3.05, 3.63) is 70.4 Å². The summed E-state index contributed by atoms with van der Waals surface area (Å²) in [6.45, 7) is 1.34. The van der Waals surface area contributed by atoms with Crippen LogP contribution in [0, 0.1) is 0 Å². The fourth-order valence-electron chi connectivity index (χ4n) is 5.03. The SMILES string of the molecule is CCOC(=O)C(=O)NC[C@H]1O[C@@H](n2cc(Cc3ccc(C4CC4)cc3)c3c(Cl)cccc32)[C@H](O)[C@@H](O)[C@@H]1O. The van der Waals surface area contributed by atoms with E-state index in [0.717, 1.165) is 16.5 Å². The lowest BCUT2D eigenvalue weighted by Crippen LogP contribution is -2.58. The number of carbonyl (C=O) groups is 2. The van der Waals surface area contributed by atoms with E-state index in [9.17, 15) is 24.9 Å². The number of nitrogens with zero attached hydrogens (tertiary/aromatic N) is 1. The molecule has 202 valence electrons. The molecule has 0 spiro atoms. The Morgan fingerprint density at radius 1 is 1.08 bits per heavy atom. The van der Waals surface area contributed by atoms with E-state index in [2.05, 4.69) is 34.3 Å². The lowest BCUT2D eigenvalue weighted by molar-refractivity contribution is -0.242. The van der Waals surface area contributed by atoms with Gasteiger partial charge in [-0.1, -0.05) is 41.9 Å². The van der Waals surface area contributed by atoms with E-state index in [4.69, 9.17) is 16.3 Å². The monoisotopic (exact) mass is 542 g/mol. The fourth-order valence-corrected chi connectivity index (χ4v) is 5.32. The first-order valence-electron chi connectivity index (χ1n) is 12.8. The second kappa shape index (κ2) is 11.0. The number of benzene rings is 2. The Hall–Kier alpha value is -2.95. The Morgan fingerprint density at radius 3 is 2.50 bits per heavy atom. The van der Waals surface area contributed by atoms with Crippen LogP contribution >= 0.6 is 11.6 Å². The van der Waals surface area contributed by atoms with Gasteiger partial charge in [0.1, 0.15) is 24.4 Å². The van der Waals surface area contributed by atoms with E-state index >= 15 is 0 Å². The molecule has 2 aliphatic rings. The molecule has 2 fully saturated rings. The third-order valence-electron chi connectivity index (χ3n) is 7.19. The molecule has 2 aromatic carbocycles. The number of aromatic nitrogens is 1. The first kappa shape index (κ1) is 26.6. The predicted molar refractivity (Wildman–Crippen MR) is 140 cm³/mol. The Bertz CT molecular complexity index is 1320. The van der Waals surface area contributed by atoms with E-state index in [1.54, 1.807) is 23.6 Å². The molecule has 0 radical (unpaired) electrons. The number of esters is 1. The van der Waals surface area contributed by atoms with Gasteiger partial charge in [0.15, 0.2) is 6.23 Å². The van der Waals surface area contributed by atoms with E-state index in [0.29, 0.717) is 22.9 Å². The number of aliphatic hydroxyl groups is 3. The minimum Gasteiger partial charge on any atom is -0.459 e. The van der Waals surface area contributed by atoms with Crippen LogP contribution in [0.25, 0.3) is 10.9 Å². The van der Waals surface area contributed by atoms with E-state index in [1.807, 2.05) is 12.3 Å². The zero-order chi connectivity index (χ0) is 27.0. The predicted octanol–water partition coefficient (Wildman–Crippen LogP) is 2.42. The third kappa shape index (κ3) is 5.30. The number of hydrogen-bond donors (Lipinski definition) is 4. The summed E-state index contributed by atoms with van der Waals surface area (Å²) in [5.74, 6) is -1.38. The van der Waals surface area contributed by atoms with Crippen molar-refractivity contribution in [3.8, 4) is 0 Å². The van der Waals surface area contributed by atoms with Gasteiger partial charge in [0.25, 0.3) is 0 Å². The maximum atomic E-state index is 12.0. The van der Waals surface area contributed by atoms with Crippen LogP contribution < -0.4 is 5.32 Å². The molecule has 38 heavy (non-hydrogen) atoms. The smallest absolute Gasteiger partial charge is 0.396 e. The molecule has 9 nitrogen and oxygen atoms in total. The molecule has 3 aromatic rings. The largest absolute Gasteiger partial charge is 0.459 e. The summed E-state index contributed by atoms with van der Waals surface area (Å²) in [6, 6.07) is 14.0. The van der Waals surface area contributed by atoms with Gasteiger partial charge in [0.05, 0.1) is 17.1 Å². The number of amides is 1. The second-order valence-electron chi connectivity index (χ2n) is 9.86. The molecule has 0 unspecified atom stereocenters. The fraction of sp³-hybridized carbons (Fsp3) is 0.429. The number of halogens is 1. The molecule has 5 rings (SSSR count). The molecule has 1 saturated carbocycles. The minimum absolute atomic E-state index is 0.0397. The standard InChI is InChI=1S/C28H31ClN2O7/c1-2-37-28(36)26(35)30-13-21-23(32)24(33)25(34)27(38-21)31-14-18(22-19(29)4-3-5-20(22)31)12-15-6-8-16(9-7-15)17-10-11-17/h3-9,14,17,21,23-25,27,32-34H,2,10-13H2,1H3,(H,30,35)/t21-,23-,24+,25-,27-/m1/s1. The molecule has 2 heterocycles. The summed E-state index contributed by atoms with van der Waals surface area (Å²) in [4.78, 5) is 23.6. The van der Waals surface area contributed by atoms with E-state index in [1.165, 1.54) is 18.4 Å². The number of carbonyl (C=O) groups excluding carboxylic acids is 2. The topological polar surface area (TPSA) is 130 Å². The van der Waals surface area contributed by atoms with Crippen molar-refractivity contribution in [2.24, 2.45) is 0 Å². The number of ether oxygens (including phenoxy) is 2. The van der Waals surface area contributed by atoms with Crippen LogP contribution in [0.1, 0.15) is 48.6 Å². The van der Waals surface area contributed by atoms with Crippen molar-refractivity contribution in [2.75, 3.05) is 13.2 Å². The summed E-state index contributed by atoms with van der Waals surface area (Å²) < 4.78 is 12.4. The van der Waals surface area contributed by atoms with Crippen LogP contribution in [0.3, 0.4) is 0 Å². The third-order valence-corrected chi connectivity index (χ3v) is 7.51. The molecule has 10 heteroatoms. The van der Waals surface area contributed by atoms with Crippen molar-refractivity contribution in [3.63, 3.8) is 0 Å². The summed E-state index contributed by atoms with van der Waals surface area (Å²) in [5.41, 5.74) is 4.05. The molecule has 5 atom stereocenters. The van der Waals surface area contributed by atoms with Crippen molar-refractivity contribution >= 4 is 34.4 Å². The molecular formula is C28H31ClN2O7. The molecule has 4 N–H and O–H groups in total. The second-order valence-corrected chi connectivity index (χ2v) is 10.3. The number of hydrogen-bond acceptors (Lipinski definition) is 7. The first-order valence-corrected chi connectivity index (χ1v) is 13.2. The van der Waals surface area contributed by atoms with Crippen LogP contribution in [-0.2, 0) is 25.5 Å². The number of fused-ring (bicyclic) bond motifs is 1. The van der Waals surface area contributed by atoms with Crippen molar-refractivity contribution in [1.82, 2.24) is 9.88 Å². The van der Waals surface area contributed by atoms with Crippen LogP contribution in [0.2, 0.25) is 5.02 Å². The zero-order valence-corrected chi connectivity index (χ0v) is 21.7. The molecule has 0 bridgehead atoms. The maximum Gasteiger partial charge on any atom is 0.396 e. The highest BCUT2D eigenvalue weighted by Gasteiger charge is 2.45. The van der Waals surface area contributed by atoms with Gasteiger partial charge < -0.3 is 34.7 Å². The van der Waals surface area contributed by atoms with Crippen LogP contribution in [0.15, 0.2) is 48.7 Å². The highest BCUT2D eigenvalue weighted by molar-refractivity contribution is 6.35. The van der Waals surface area contributed by atoms with Gasteiger partial charge in [-0.2, -0.15) is 0 Å². The highest BCUT2D eigenvalue weighted by atomic mass is 35.5. The highest BCUT2D eigenvalue weighted by Crippen LogP contribution is 2.40. The summed E-state index contributed by atoms with van der Waals surface area (Å²) in [5, 5.41) is 35.7. The van der Waals surface area contributed by atoms with Crippen LogP contribution in [-0.4, -0.2) is 69.3 Å². The van der Waals surface area contributed by atoms with Gasteiger partial charge in [-0.05, 0) is 60.9 Å². The van der Waals surface area contributed by atoms with E-state index in [-0.39, 0.29) is 13.2 Å². The molecular weight excluding hydrogens is 512 g/mol. The molecule has 1 aliphatic heterocycles. The maximum absolute atomic E-state index is 12.0. The molecule has 1 saturated heterocycles. The van der Waals surface area contributed by atoms with Gasteiger partial charge in [-0.25, -0.2) is 4.79 Å². The molecule has 1 amide bonds. The van der Waals surface area contributed by atoms with Crippen LogP contribution in [0.5, 0.6) is 0 Å². The normalized spacial score (nSPS) is 25.3. The summed E-state index contributed by atoms with van der Waals surface area (Å²) in [6.07, 6.45) is -1.84. The van der Waals surface area contributed by atoms with Gasteiger partial charge in [-0.15, -0.1) is 0 Å². The number of nitrogens with one attached hydrogen (secondary N) is 1. The van der Waals surface area contributed by atoms with Gasteiger partial charge in [0.2, 0.25) is 0 Å². The quantitative estimate of drug-likeness (QED) is 0.266. The van der Waals surface area contributed by atoms with Gasteiger partial charge in [-0.3, -0.25) is 4.79 Å². The van der Waals surface area contributed by atoms with Gasteiger partial charge >= 0.3 is 11.9 Å². The Morgan fingerprint density at radius 2 is 1.82 bits per heavy atom. The van der Waals surface area contributed by atoms with Crippen molar-refractivity contribution in [1.29, 1.82) is 0 Å². The average molecular weight is 543 g/mol. The lowest BCUT2D eigenvalue weighted by atomic mass is 9.97. The van der Waals surface area contributed by atoms with Crippen molar-refractivity contribution < 1.29 is 34.4 Å². The summed E-state index contributed by atoms with van der Waals surface area (Å²) >= 11 is 6.62. The number of aliphatic hydroxyl groups excluding tert-OH is 3. The lowest BCUT2D eigenvalue weighted by Gasteiger charge is -2.41. The first-order chi connectivity index (χ1) is 18.3. The number of rotatable bonds is 7. The molecule has 1 aromatic heterocycles.